The molecule has 3 rings (SSSR count). The third kappa shape index (κ3) is 4.35. The highest BCUT2D eigenvalue weighted by Crippen LogP contribution is 2.31. The monoisotopic (exact) mass is 435 g/mol. The van der Waals surface area contributed by atoms with Crippen LogP contribution >= 0.6 is 11.3 Å². The van der Waals surface area contributed by atoms with Crippen LogP contribution in [0.4, 0.5) is 18.9 Å². The van der Waals surface area contributed by atoms with Crippen molar-refractivity contribution < 1.29 is 32.3 Å². The maximum Gasteiger partial charge on any atom is 0.416 e. The van der Waals surface area contributed by atoms with Crippen molar-refractivity contribution in [3.8, 4) is 0 Å². The summed E-state index contributed by atoms with van der Waals surface area (Å²) in [4.78, 5) is 52.8. The first-order valence-electron chi connectivity index (χ1n) is 8.29. The van der Waals surface area contributed by atoms with Gasteiger partial charge in [0.1, 0.15) is 10.9 Å². The highest BCUT2D eigenvalue weighted by atomic mass is 32.1. The van der Waals surface area contributed by atoms with Gasteiger partial charge < -0.3 is 11.1 Å². The van der Waals surface area contributed by atoms with Gasteiger partial charge in [-0.15, -0.1) is 11.3 Å². The quantitative estimate of drug-likeness (QED) is 0.456. The van der Waals surface area contributed by atoms with Crippen molar-refractivity contribution in [2.75, 3.05) is 5.32 Å². The summed E-state index contributed by atoms with van der Waals surface area (Å²) in [5, 5.41) is 1.89. The Labute approximate surface area is 170 Å². The second-order valence-corrected chi connectivity index (χ2v) is 7.14. The van der Waals surface area contributed by atoms with Crippen LogP contribution in [0.3, 0.4) is 0 Å². The molecule has 11 heteroatoms. The first kappa shape index (κ1) is 21.1. The van der Waals surface area contributed by atoms with Crippen molar-refractivity contribution in [1.82, 2.24) is 4.98 Å². The smallest absolute Gasteiger partial charge is 0.363 e. The fourth-order valence-electron chi connectivity index (χ4n) is 2.60. The number of carbonyl (C=O) groups is 4. The number of para-hydroxylation sites is 1. The van der Waals surface area contributed by atoms with Gasteiger partial charge in [0.2, 0.25) is 11.6 Å². The van der Waals surface area contributed by atoms with Crippen LogP contribution in [-0.4, -0.2) is 28.4 Å². The zero-order valence-corrected chi connectivity index (χ0v) is 15.7. The summed E-state index contributed by atoms with van der Waals surface area (Å²) >= 11 is 0.920. The zero-order chi connectivity index (χ0) is 22.1. The van der Waals surface area contributed by atoms with Crippen molar-refractivity contribution in [3.63, 3.8) is 0 Å². The van der Waals surface area contributed by atoms with E-state index in [2.05, 4.69) is 4.98 Å². The highest BCUT2D eigenvalue weighted by molar-refractivity contribution is 7.19. The molecule has 0 bridgehead atoms. The van der Waals surface area contributed by atoms with Crippen LogP contribution in [0.25, 0.3) is 10.2 Å². The Morgan fingerprint density at radius 3 is 2.33 bits per heavy atom. The fourth-order valence-corrected chi connectivity index (χ4v) is 3.66. The number of hydrogen-bond acceptors (Lipinski definition) is 6. The molecule has 1 aromatic heterocycles. The second-order valence-electron chi connectivity index (χ2n) is 6.08. The Hall–Kier alpha value is -3.60. The van der Waals surface area contributed by atoms with Gasteiger partial charge in [-0.2, -0.15) is 13.2 Å². The Bertz CT molecular complexity index is 1140. The standard InChI is InChI=1S/C19H12F3N3O4S/c20-19(21,22)9-4-3-5-10(8-9)24-17(29)15(27)13(14(26)16(23)28)18-25-11-6-1-2-7-12(11)30-18/h1-8,13H,(H2,23,28)(H,24,29)/t13-/m1/s1. The molecule has 1 atom stereocenters. The molecule has 3 N–H and O–H groups in total. The summed E-state index contributed by atoms with van der Waals surface area (Å²) in [5.74, 6) is -7.44. The minimum atomic E-state index is -4.66. The summed E-state index contributed by atoms with van der Waals surface area (Å²) in [5.41, 5.74) is 4.10. The molecule has 0 unspecified atom stereocenters. The van der Waals surface area contributed by atoms with Crippen molar-refractivity contribution >= 4 is 50.6 Å². The van der Waals surface area contributed by atoms with E-state index in [0.717, 1.165) is 29.5 Å². The molecule has 7 nitrogen and oxygen atoms in total. The first-order valence-corrected chi connectivity index (χ1v) is 9.11. The first-order chi connectivity index (χ1) is 14.1. The summed E-state index contributed by atoms with van der Waals surface area (Å²) in [6.45, 7) is 0. The van der Waals surface area contributed by atoms with Crippen molar-refractivity contribution in [2.24, 2.45) is 5.73 Å². The van der Waals surface area contributed by atoms with Gasteiger partial charge in [-0.05, 0) is 30.3 Å². The van der Waals surface area contributed by atoms with E-state index < -0.39 is 41.0 Å². The Balaban J connectivity index is 1.92. The lowest BCUT2D eigenvalue weighted by atomic mass is 9.98. The molecular weight excluding hydrogens is 423 g/mol. The molecule has 3 aromatic rings. The van der Waals surface area contributed by atoms with Crippen LogP contribution in [-0.2, 0) is 25.4 Å². The number of rotatable bonds is 6. The lowest BCUT2D eigenvalue weighted by molar-refractivity contribution is -0.143. The number of nitrogens with zero attached hydrogens (tertiary/aromatic N) is 1. The lowest BCUT2D eigenvalue weighted by Gasteiger charge is -2.12. The predicted molar refractivity (Wildman–Crippen MR) is 102 cm³/mol. The third-order valence-electron chi connectivity index (χ3n) is 4.00. The molecule has 0 saturated carbocycles. The number of fused-ring (bicyclic) bond motifs is 1. The van der Waals surface area contributed by atoms with E-state index in [4.69, 9.17) is 5.73 Å². The van der Waals surface area contributed by atoms with Gasteiger partial charge in [0.15, 0.2) is 0 Å². The van der Waals surface area contributed by atoms with Crippen molar-refractivity contribution in [2.45, 2.75) is 12.1 Å². The van der Waals surface area contributed by atoms with Crippen LogP contribution in [0.2, 0.25) is 0 Å². The van der Waals surface area contributed by atoms with Gasteiger partial charge in [0.25, 0.3) is 11.8 Å². The van der Waals surface area contributed by atoms with E-state index >= 15 is 0 Å². The van der Waals surface area contributed by atoms with Crippen LogP contribution in [0.5, 0.6) is 0 Å². The number of carbonyl (C=O) groups excluding carboxylic acids is 4. The van der Waals surface area contributed by atoms with E-state index in [9.17, 15) is 32.3 Å². The fraction of sp³-hybridized carbons (Fsp3) is 0.105. The number of nitrogens with one attached hydrogen (secondary N) is 1. The van der Waals surface area contributed by atoms with Gasteiger partial charge in [-0.1, -0.05) is 18.2 Å². The van der Waals surface area contributed by atoms with Crippen molar-refractivity contribution in [3.05, 3.63) is 59.1 Å². The number of benzene rings is 2. The van der Waals surface area contributed by atoms with Gasteiger partial charge in [-0.3, -0.25) is 19.2 Å². The molecule has 0 aliphatic heterocycles. The molecule has 0 radical (unpaired) electrons. The number of aromatic nitrogens is 1. The average Bonchev–Trinajstić information content (AvgIpc) is 3.11. The molecule has 0 fully saturated rings. The van der Waals surface area contributed by atoms with E-state index in [1.54, 1.807) is 24.3 Å². The van der Waals surface area contributed by atoms with Crippen molar-refractivity contribution in [1.29, 1.82) is 0 Å². The number of hydrogen-bond donors (Lipinski definition) is 2. The Morgan fingerprint density at radius 1 is 1.00 bits per heavy atom. The highest BCUT2D eigenvalue weighted by Gasteiger charge is 2.38. The van der Waals surface area contributed by atoms with Gasteiger partial charge >= 0.3 is 6.18 Å². The number of anilines is 1. The molecule has 30 heavy (non-hydrogen) atoms. The Kier molecular flexibility index (Phi) is 5.65. The minimum absolute atomic E-state index is 0.121. The average molecular weight is 435 g/mol. The largest absolute Gasteiger partial charge is 0.416 e. The normalized spacial score (nSPS) is 12.4. The van der Waals surface area contributed by atoms with E-state index in [0.29, 0.717) is 16.3 Å². The van der Waals surface area contributed by atoms with Gasteiger partial charge in [0, 0.05) is 5.69 Å². The van der Waals surface area contributed by atoms with Crippen LogP contribution in [0.15, 0.2) is 48.5 Å². The van der Waals surface area contributed by atoms with Crippen LogP contribution in [0, 0.1) is 0 Å². The van der Waals surface area contributed by atoms with E-state index in [1.165, 1.54) is 0 Å². The molecule has 2 amide bonds. The number of halogens is 3. The molecule has 2 aromatic carbocycles. The van der Waals surface area contributed by atoms with Gasteiger partial charge in [0.05, 0.1) is 15.8 Å². The number of primary amides is 1. The summed E-state index contributed by atoms with van der Waals surface area (Å²) in [6.07, 6.45) is -4.66. The molecular formula is C19H12F3N3O4S. The van der Waals surface area contributed by atoms with Crippen LogP contribution in [0.1, 0.15) is 16.5 Å². The molecule has 0 aliphatic carbocycles. The molecule has 0 aliphatic rings. The Morgan fingerprint density at radius 2 is 1.70 bits per heavy atom. The molecule has 0 saturated heterocycles. The second kappa shape index (κ2) is 8.03. The SMILES string of the molecule is NC(=O)C(=O)[C@H](C(=O)C(=O)Nc1cccc(C(F)(F)F)c1)c1nc2ccccc2s1. The number of alkyl halides is 3. The number of nitrogens with two attached hydrogens (primary N) is 1. The number of amides is 2. The predicted octanol–water partition coefficient (Wildman–Crippen LogP) is 2.66. The number of Topliss-reactive ketones (excluding diaryl/α,β-unsaturated/α-hetero) is 2. The minimum Gasteiger partial charge on any atom is -0.363 e. The molecule has 0 spiro atoms. The van der Waals surface area contributed by atoms with E-state index in [-0.39, 0.29) is 10.7 Å². The lowest BCUT2D eigenvalue weighted by Crippen LogP contribution is -2.38. The third-order valence-corrected chi connectivity index (χ3v) is 5.10. The molecule has 154 valence electrons. The number of thiazole rings is 1. The maximum absolute atomic E-state index is 12.8. The molecule has 1 heterocycles. The summed E-state index contributed by atoms with van der Waals surface area (Å²) in [6, 6.07) is 10.2. The van der Waals surface area contributed by atoms with Gasteiger partial charge in [-0.25, -0.2) is 4.98 Å². The van der Waals surface area contributed by atoms with E-state index in [1.807, 2.05) is 5.32 Å². The van der Waals surface area contributed by atoms with Crippen LogP contribution < -0.4 is 11.1 Å². The zero-order valence-electron chi connectivity index (χ0n) is 14.9. The summed E-state index contributed by atoms with van der Waals surface area (Å²) < 4.78 is 39.1. The summed E-state index contributed by atoms with van der Waals surface area (Å²) in [7, 11) is 0. The number of ketones is 2. The topological polar surface area (TPSA) is 119 Å². The maximum atomic E-state index is 12.8.